The number of aromatic nitrogens is 2. The number of hydrogen-bond donors (Lipinski definition) is 3. The van der Waals surface area contributed by atoms with Crippen molar-refractivity contribution in [3.05, 3.63) is 65.0 Å². The minimum absolute atomic E-state index is 0.123. The highest BCUT2D eigenvalue weighted by molar-refractivity contribution is 6.24. The maximum atomic E-state index is 12.7. The molecule has 0 spiro atoms. The predicted molar refractivity (Wildman–Crippen MR) is 95.8 cm³/mol. The van der Waals surface area contributed by atoms with Gasteiger partial charge in [-0.05, 0) is 18.2 Å². The molecular formula is C19H13N3O. The summed E-state index contributed by atoms with van der Waals surface area (Å²) >= 11 is 0. The molecule has 2 aromatic heterocycles. The second-order valence-electron chi connectivity index (χ2n) is 5.81. The second-order valence-corrected chi connectivity index (χ2v) is 5.81. The van der Waals surface area contributed by atoms with E-state index in [2.05, 4.69) is 9.97 Å². The summed E-state index contributed by atoms with van der Waals surface area (Å²) in [4.78, 5) is 19.0. The third-order valence-electron chi connectivity index (χ3n) is 4.51. The van der Waals surface area contributed by atoms with E-state index in [0.29, 0.717) is 11.1 Å². The van der Waals surface area contributed by atoms with Crippen molar-refractivity contribution in [3.63, 3.8) is 0 Å². The lowest BCUT2D eigenvalue weighted by atomic mass is 10.0. The summed E-state index contributed by atoms with van der Waals surface area (Å²) in [6, 6.07) is 17.7. The van der Waals surface area contributed by atoms with Gasteiger partial charge >= 0.3 is 0 Å². The number of H-pyrrole nitrogens is 2. The van der Waals surface area contributed by atoms with Gasteiger partial charge in [-0.2, -0.15) is 0 Å². The van der Waals surface area contributed by atoms with Gasteiger partial charge in [-0.25, -0.2) is 0 Å². The number of benzene rings is 3. The Morgan fingerprint density at radius 1 is 0.739 bits per heavy atom. The number of fused-ring (bicyclic) bond motifs is 7. The van der Waals surface area contributed by atoms with Gasteiger partial charge in [-0.3, -0.25) is 4.79 Å². The van der Waals surface area contributed by atoms with Crippen LogP contribution in [0, 0.1) is 0 Å². The van der Waals surface area contributed by atoms with Crippen molar-refractivity contribution in [1.82, 2.24) is 9.97 Å². The topological polar surface area (TPSA) is 74.7 Å². The summed E-state index contributed by atoms with van der Waals surface area (Å²) in [6.07, 6.45) is 0. The zero-order valence-electron chi connectivity index (χ0n) is 12.2. The van der Waals surface area contributed by atoms with E-state index in [1.165, 1.54) is 0 Å². The average Bonchev–Trinajstić information content (AvgIpc) is 2.93. The Morgan fingerprint density at radius 3 is 2.17 bits per heavy atom. The summed E-state index contributed by atoms with van der Waals surface area (Å²) in [5.74, 6) is 0. The summed E-state index contributed by atoms with van der Waals surface area (Å²) in [5, 5.41) is 4.44. The van der Waals surface area contributed by atoms with Crippen molar-refractivity contribution < 1.29 is 0 Å². The van der Waals surface area contributed by atoms with Crippen LogP contribution in [0.5, 0.6) is 0 Å². The van der Waals surface area contributed by atoms with Gasteiger partial charge in [0.15, 0.2) is 0 Å². The molecule has 0 radical (unpaired) electrons. The number of aromatic amines is 2. The zero-order valence-corrected chi connectivity index (χ0v) is 12.2. The number of hydrogen-bond acceptors (Lipinski definition) is 2. The summed E-state index contributed by atoms with van der Waals surface area (Å²) in [6.45, 7) is 0. The van der Waals surface area contributed by atoms with Gasteiger partial charge in [0.25, 0.3) is 5.56 Å². The van der Waals surface area contributed by atoms with E-state index in [4.69, 9.17) is 5.73 Å². The van der Waals surface area contributed by atoms with E-state index in [9.17, 15) is 4.79 Å². The molecule has 0 amide bonds. The fraction of sp³-hybridized carbons (Fsp3) is 0. The van der Waals surface area contributed by atoms with Gasteiger partial charge in [0.2, 0.25) is 0 Å². The predicted octanol–water partition coefficient (Wildman–Crippen LogP) is 3.90. The van der Waals surface area contributed by atoms with E-state index in [1.807, 2.05) is 54.6 Å². The smallest absolute Gasteiger partial charge is 0.258 e. The van der Waals surface area contributed by atoms with Crippen LogP contribution in [0.25, 0.3) is 43.5 Å². The number of rotatable bonds is 0. The van der Waals surface area contributed by atoms with Crippen molar-refractivity contribution in [2.45, 2.75) is 0 Å². The molecule has 0 aliphatic rings. The van der Waals surface area contributed by atoms with Crippen LogP contribution in [-0.2, 0) is 0 Å². The lowest BCUT2D eigenvalue weighted by molar-refractivity contribution is 1.35. The van der Waals surface area contributed by atoms with Gasteiger partial charge in [-0.1, -0.05) is 36.4 Å². The average molecular weight is 299 g/mol. The normalized spacial score (nSPS) is 11.8. The van der Waals surface area contributed by atoms with Gasteiger partial charge in [0.1, 0.15) is 0 Å². The molecule has 0 aliphatic heterocycles. The van der Waals surface area contributed by atoms with Crippen LogP contribution in [0.2, 0.25) is 0 Å². The lowest BCUT2D eigenvalue weighted by Crippen LogP contribution is -2.08. The molecule has 4 nitrogen and oxygen atoms in total. The number of nitrogens with one attached hydrogen (secondary N) is 2. The summed E-state index contributed by atoms with van der Waals surface area (Å²) < 4.78 is 0. The molecular weight excluding hydrogens is 286 g/mol. The van der Waals surface area contributed by atoms with Crippen LogP contribution in [-0.4, -0.2) is 9.97 Å². The molecule has 4 N–H and O–H groups in total. The minimum Gasteiger partial charge on any atom is -0.398 e. The Kier molecular flexibility index (Phi) is 2.21. The van der Waals surface area contributed by atoms with E-state index >= 15 is 0 Å². The standard InChI is InChI=1S/C19H13N3O/c20-13-9-12-10-5-1-3-7-14(10)21-18(12)17-16(13)11-6-2-4-8-15(11)22-19(17)23/h1-9,21H,20H2,(H,22,23). The molecule has 110 valence electrons. The van der Waals surface area contributed by atoms with Gasteiger partial charge in [0, 0.05) is 38.3 Å². The number of nitrogen functional groups attached to an aromatic ring is 1. The molecule has 0 atom stereocenters. The first-order valence-corrected chi connectivity index (χ1v) is 7.47. The fourth-order valence-electron chi connectivity index (χ4n) is 3.52. The highest BCUT2D eigenvalue weighted by atomic mass is 16.1. The highest BCUT2D eigenvalue weighted by Crippen LogP contribution is 2.35. The Hall–Kier alpha value is -3.27. The molecule has 5 aromatic rings. The molecule has 0 saturated heterocycles. The molecule has 0 aliphatic carbocycles. The third kappa shape index (κ3) is 1.52. The molecule has 23 heavy (non-hydrogen) atoms. The first kappa shape index (κ1) is 12.3. The Bertz CT molecular complexity index is 1290. The van der Waals surface area contributed by atoms with Crippen molar-refractivity contribution in [2.24, 2.45) is 0 Å². The van der Waals surface area contributed by atoms with Crippen molar-refractivity contribution >= 4 is 49.2 Å². The fourth-order valence-corrected chi connectivity index (χ4v) is 3.52. The number of para-hydroxylation sites is 2. The van der Waals surface area contributed by atoms with Crippen LogP contribution >= 0.6 is 0 Å². The molecule has 0 saturated carbocycles. The first-order valence-electron chi connectivity index (χ1n) is 7.47. The largest absolute Gasteiger partial charge is 0.398 e. The monoisotopic (exact) mass is 299 g/mol. The summed E-state index contributed by atoms with van der Waals surface area (Å²) in [7, 11) is 0. The lowest BCUT2D eigenvalue weighted by Gasteiger charge is -2.07. The Labute approximate surface area is 130 Å². The van der Waals surface area contributed by atoms with Gasteiger partial charge in [-0.15, -0.1) is 0 Å². The van der Waals surface area contributed by atoms with Gasteiger partial charge in [0.05, 0.1) is 10.9 Å². The molecule has 2 heterocycles. The van der Waals surface area contributed by atoms with Crippen molar-refractivity contribution in [1.29, 1.82) is 0 Å². The third-order valence-corrected chi connectivity index (χ3v) is 4.51. The molecule has 0 bridgehead atoms. The second kappa shape index (κ2) is 4.14. The van der Waals surface area contributed by atoms with E-state index < -0.39 is 0 Å². The summed E-state index contributed by atoms with van der Waals surface area (Å²) in [5.41, 5.74) is 9.48. The maximum absolute atomic E-state index is 12.7. The molecule has 4 heteroatoms. The quantitative estimate of drug-likeness (QED) is 0.300. The minimum atomic E-state index is -0.123. The SMILES string of the molecule is Nc1cc2c3ccccc3[nH]c2c2c(=O)[nH]c3ccccc3c12. The molecule has 3 aromatic carbocycles. The Morgan fingerprint density at radius 2 is 1.39 bits per heavy atom. The van der Waals surface area contributed by atoms with Crippen molar-refractivity contribution in [3.8, 4) is 0 Å². The van der Waals surface area contributed by atoms with Crippen LogP contribution in [0.15, 0.2) is 59.4 Å². The van der Waals surface area contributed by atoms with Crippen molar-refractivity contribution in [2.75, 3.05) is 5.73 Å². The van der Waals surface area contributed by atoms with Crippen LogP contribution in [0.1, 0.15) is 0 Å². The van der Waals surface area contributed by atoms with Crippen LogP contribution < -0.4 is 11.3 Å². The first-order chi connectivity index (χ1) is 11.2. The Balaban J connectivity index is 2.18. The molecule has 0 fully saturated rings. The zero-order chi connectivity index (χ0) is 15.6. The number of anilines is 1. The highest BCUT2D eigenvalue weighted by Gasteiger charge is 2.15. The van der Waals surface area contributed by atoms with E-state index in [-0.39, 0.29) is 5.56 Å². The van der Waals surface area contributed by atoms with E-state index in [0.717, 1.165) is 38.1 Å². The van der Waals surface area contributed by atoms with Crippen LogP contribution in [0.4, 0.5) is 5.69 Å². The van der Waals surface area contributed by atoms with E-state index in [1.54, 1.807) is 0 Å². The molecule has 5 rings (SSSR count). The van der Waals surface area contributed by atoms with Crippen LogP contribution in [0.3, 0.4) is 0 Å². The molecule has 0 unspecified atom stereocenters. The number of nitrogens with two attached hydrogens (primary N) is 1. The van der Waals surface area contributed by atoms with Gasteiger partial charge < -0.3 is 15.7 Å². The number of pyridine rings is 1. The maximum Gasteiger partial charge on any atom is 0.258 e.